The molecule has 0 saturated heterocycles. The predicted molar refractivity (Wildman–Crippen MR) is 90.1 cm³/mol. The number of hydrogen-bond donors (Lipinski definition) is 2. The fraction of sp³-hybridized carbons (Fsp3) is 0.200. The van der Waals surface area contributed by atoms with Crippen molar-refractivity contribution >= 4 is 44.9 Å². The number of rotatable bonds is 5. The number of pyridine rings is 1. The Morgan fingerprint density at radius 2 is 2.19 bits per heavy atom. The highest BCUT2D eigenvalue weighted by Gasteiger charge is 2.13. The van der Waals surface area contributed by atoms with Crippen molar-refractivity contribution in [2.24, 2.45) is 0 Å². The van der Waals surface area contributed by atoms with E-state index in [1.165, 1.54) is 0 Å². The molecule has 1 aromatic carbocycles. The molecule has 0 aliphatic rings. The molecular formula is C15H15BrClN3O. The smallest absolute Gasteiger partial charge is 0.259 e. The van der Waals surface area contributed by atoms with Gasteiger partial charge in [-0.2, -0.15) is 0 Å². The van der Waals surface area contributed by atoms with Gasteiger partial charge in [-0.1, -0.05) is 18.5 Å². The Bertz CT molecular complexity index is 649. The van der Waals surface area contributed by atoms with Crippen LogP contribution in [-0.4, -0.2) is 17.4 Å². The highest BCUT2D eigenvalue weighted by molar-refractivity contribution is 9.10. The van der Waals surface area contributed by atoms with E-state index in [0.717, 1.165) is 17.4 Å². The fourth-order valence-corrected chi connectivity index (χ4v) is 2.27. The number of benzene rings is 1. The number of nitrogens with one attached hydrogen (secondary N) is 2. The number of halogens is 2. The molecule has 1 amide bonds. The van der Waals surface area contributed by atoms with Crippen molar-refractivity contribution in [1.29, 1.82) is 0 Å². The molecule has 0 aliphatic heterocycles. The molecule has 110 valence electrons. The van der Waals surface area contributed by atoms with Gasteiger partial charge >= 0.3 is 0 Å². The van der Waals surface area contributed by atoms with Gasteiger partial charge in [0.15, 0.2) is 0 Å². The van der Waals surface area contributed by atoms with E-state index in [4.69, 9.17) is 11.6 Å². The van der Waals surface area contributed by atoms with Crippen LogP contribution < -0.4 is 10.6 Å². The normalized spacial score (nSPS) is 10.2. The maximum Gasteiger partial charge on any atom is 0.259 e. The first-order valence-corrected chi connectivity index (χ1v) is 7.74. The monoisotopic (exact) mass is 367 g/mol. The van der Waals surface area contributed by atoms with Gasteiger partial charge in [0, 0.05) is 22.2 Å². The van der Waals surface area contributed by atoms with E-state index in [2.05, 4.69) is 38.5 Å². The molecule has 2 aromatic rings. The van der Waals surface area contributed by atoms with E-state index in [9.17, 15) is 4.79 Å². The van der Waals surface area contributed by atoms with Crippen LogP contribution in [0.5, 0.6) is 0 Å². The third kappa shape index (κ3) is 4.19. The summed E-state index contributed by atoms with van der Waals surface area (Å²) in [5.74, 6) is 0.347. The van der Waals surface area contributed by atoms with Crippen molar-refractivity contribution in [2.75, 3.05) is 17.2 Å². The van der Waals surface area contributed by atoms with E-state index in [0.29, 0.717) is 22.1 Å². The third-order valence-electron chi connectivity index (χ3n) is 2.77. The lowest BCUT2D eigenvalue weighted by Crippen LogP contribution is -2.16. The molecule has 0 bridgehead atoms. The van der Waals surface area contributed by atoms with Gasteiger partial charge in [0.1, 0.15) is 5.82 Å². The number of amides is 1. The van der Waals surface area contributed by atoms with Gasteiger partial charge in [-0.25, -0.2) is 4.98 Å². The predicted octanol–water partition coefficient (Wildman–Crippen LogP) is 4.57. The minimum absolute atomic E-state index is 0.232. The van der Waals surface area contributed by atoms with Crippen molar-refractivity contribution in [3.8, 4) is 0 Å². The third-order valence-corrected chi connectivity index (χ3v) is 3.70. The second-order valence-corrected chi connectivity index (χ2v) is 5.70. The topological polar surface area (TPSA) is 54.0 Å². The zero-order valence-corrected chi connectivity index (χ0v) is 13.8. The second-order valence-electron chi connectivity index (χ2n) is 4.40. The highest BCUT2D eigenvalue weighted by atomic mass is 79.9. The average Bonchev–Trinajstić information content (AvgIpc) is 2.49. The van der Waals surface area contributed by atoms with Crippen molar-refractivity contribution in [2.45, 2.75) is 13.3 Å². The van der Waals surface area contributed by atoms with Crippen LogP contribution in [0.2, 0.25) is 5.02 Å². The summed E-state index contributed by atoms with van der Waals surface area (Å²) >= 11 is 9.34. The van der Waals surface area contributed by atoms with Crippen LogP contribution in [-0.2, 0) is 0 Å². The van der Waals surface area contributed by atoms with Gasteiger partial charge in [0.2, 0.25) is 0 Å². The van der Waals surface area contributed by atoms with Crippen LogP contribution in [0.3, 0.4) is 0 Å². The molecule has 21 heavy (non-hydrogen) atoms. The summed E-state index contributed by atoms with van der Waals surface area (Å²) in [6, 6.07) is 8.70. The molecule has 2 rings (SSSR count). The van der Waals surface area contributed by atoms with Gasteiger partial charge in [-0.3, -0.25) is 4.79 Å². The van der Waals surface area contributed by atoms with Gasteiger partial charge in [0.05, 0.1) is 11.3 Å². The molecule has 6 heteroatoms. The summed E-state index contributed by atoms with van der Waals surface area (Å²) in [6.07, 6.45) is 2.61. The molecule has 1 aromatic heterocycles. The quantitative estimate of drug-likeness (QED) is 0.812. The van der Waals surface area contributed by atoms with Crippen LogP contribution in [0.1, 0.15) is 23.7 Å². The number of aromatic nitrogens is 1. The summed E-state index contributed by atoms with van der Waals surface area (Å²) in [5.41, 5.74) is 1.12. The highest BCUT2D eigenvalue weighted by Crippen LogP contribution is 2.26. The Hall–Kier alpha value is -1.59. The lowest BCUT2D eigenvalue weighted by Gasteiger charge is -2.11. The number of hydrogen-bond acceptors (Lipinski definition) is 3. The number of carbonyl (C=O) groups is 1. The molecule has 1 heterocycles. The molecule has 0 unspecified atom stereocenters. The molecule has 0 saturated carbocycles. The molecule has 0 aliphatic carbocycles. The SMILES string of the molecule is CCCNc1ncccc1C(=O)Nc1cc(Cl)ccc1Br. The van der Waals surface area contributed by atoms with Crippen LogP contribution in [0.4, 0.5) is 11.5 Å². The fourth-order valence-electron chi connectivity index (χ4n) is 1.76. The van der Waals surface area contributed by atoms with Crippen LogP contribution in [0.15, 0.2) is 41.0 Å². The van der Waals surface area contributed by atoms with E-state index < -0.39 is 0 Å². The first kappa shape index (κ1) is 15.8. The summed E-state index contributed by atoms with van der Waals surface area (Å²) in [4.78, 5) is 16.6. The van der Waals surface area contributed by atoms with Gasteiger partial charge in [0.25, 0.3) is 5.91 Å². The lowest BCUT2D eigenvalue weighted by atomic mass is 10.2. The lowest BCUT2D eigenvalue weighted by molar-refractivity contribution is 0.102. The standard InChI is InChI=1S/C15H15BrClN3O/c1-2-7-18-14-11(4-3-8-19-14)15(21)20-13-9-10(17)5-6-12(13)16/h3-6,8-9H,2,7H2,1H3,(H,18,19)(H,20,21). The molecule has 0 spiro atoms. The Morgan fingerprint density at radius 1 is 1.38 bits per heavy atom. The van der Waals surface area contributed by atoms with Crippen molar-refractivity contribution < 1.29 is 4.79 Å². The number of nitrogens with zero attached hydrogens (tertiary/aromatic N) is 1. The van der Waals surface area contributed by atoms with Crippen LogP contribution in [0, 0.1) is 0 Å². The van der Waals surface area contributed by atoms with Crippen molar-refractivity contribution in [3.05, 3.63) is 51.6 Å². The van der Waals surface area contributed by atoms with Crippen molar-refractivity contribution in [1.82, 2.24) is 4.98 Å². The summed E-state index contributed by atoms with van der Waals surface area (Å²) < 4.78 is 0.771. The second kappa shape index (κ2) is 7.43. The maximum absolute atomic E-state index is 12.4. The number of carbonyl (C=O) groups excluding carboxylic acids is 1. The van der Waals surface area contributed by atoms with E-state index in [1.807, 2.05) is 0 Å². The first-order valence-electron chi connectivity index (χ1n) is 6.57. The van der Waals surface area contributed by atoms with E-state index in [-0.39, 0.29) is 5.91 Å². The largest absolute Gasteiger partial charge is 0.369 e. The maximum atomic E-state index is 12.4. The van der Waals surface area contributed by atoms with Crippen LogP contribution >= 0.6 is 27.5 Å². The van der Waals surface area contributed by atoms with E-state index >= 15 is 0 Å². The Balaban J connectivity index is 2.22. The molecule has 0 radical (unpaired) electrons. The average molecular weight is 369 g/mol. The Labute approximate surface area is 137 Å². The minimum atomic E-state index is -0.232. The van der Waals surface area contributed by atoms with Gasteiger partial charge in [-0.05, 0) is 52.7 Å². The summed E-state index contributed by atoms with van der Waals surface area (Å²) in [7, 11) is 0. The zero-order valence-electron chi connectivity index (χ0n) is 11.5. The number of anilines is 2. The first-order chi connectivity index (χ1) is 10.1. The van der Waals surface area contributed by atoms with Gasteiger partial charge < -0.3 is 10.6 Å². The Kier molecular flexibility index (Phi) is 5.59. The minimum Gasteiger partial charge on any atom is -0.369 e. The van der Waals surface area contributed by atoms with Crippen LogP contribution in [0.25, 0.3) is 0 Å². The summed E-state index contributed by atoms with van der Waals surface area (Å²) in [6.45, 7) is 2.82. The molecule has 4 nitrogen and oxygen atoms in total. The van der Waals surface area contributed by atoms with Crippen molar-refractivity contribution in [3.63, 3.8) is 0 Å². The summed E-state index contributed by atoms with van der Waals surface area (Å²) in [5, 5.41) is 6.54. The zero-order chi connectivity index (χ0) is 15.2. The Morgan fingerprint density at radius 3 is 2.95 bits per heavy atom. The molecular weight excluding hydrogens is 354 g/mol. The van der Waals surface area contributed by atoms with Gasteiger partial charge in [-0.15, -0.1) is 0 Å². The molecule has 0 atom stereocenters. The van der Waals surface area contributed by atoms with E-state index in [1.54, 1.807) is 36.5 Å². The molecule has 0 fully saturated rings. The molecule has 2 N–H and O–H groups in total.